The quantitative estimate of drug-likeness (QED) is 0.652. The van der Waals surface area contributed by atoms with Gasteiger partial charge in [0.15, 0.2) is 0 Å². The van der Waals surface area contributed by atoms with Gasteiger partial charge in [0.05, 0.1) is 6.04 Å². The van der Waals surface area contributed by atoms with Gasteiger partial charge in [-0.1, -0.05) is 30.3 Å². The summed E-state index contributed by atoms with van der Waals surface area (Å²) in [6.45, 7) is 11.0. The SMILES string of the molecule is [C-]#[N+][C@H]1C2CC(CN2B(C)O)N1Cc1ccccc1. The summed E-state index contributed by atoms with van der Waals surface area (Å²) in [5.41, 5.74) is 1.26. The Bertz CT molecular complexity index is 487. The smallest absolute Gasteiger partial charge is 0.376 e. The first-order valence-electron chi connectivity index (χ1n) is 6.80. The normalized spacial score (nSPS) is 30.5. The average Bonchev–Trinajstić information content (AvgIpc) is 2.98. The van der Waals surface area contributed by atoms with Crippen LogP contribution in [-0.4, -0.2) is 46.6 Å². The van der Waals surface area contributed by atoms with Crippen molar-refractivity contribution >= 4 is 7.05 Å². The summed E-state index contributed by atoms with van der Waals surface area (Å²) in [7, 11) is -0.446. The fourth-order valence-corrected chi connectivity index (χ4v) is 3.44. The van der Waals surface area contributed by atoms with Gasteiger partial charge in [0.1, 0.15) is 0 Å². The van der Waals surface area contributed by atoms with E-state index in [4.69, 9.17) is 6.57 Å². The zero-order valence-electron chi connectivity index (χ0n) is 11.1. The van der Waals surface area contributed by atoms with Crippen LogP contribution in [0.5, 0.6) is 0 Å². The molecule has 2 unspecified atom stereocenters. The summed E-state index contributed by atoms with van der Waals surface area (Å²) in [6, 6.07) is 10.9. The molecule has 0 aromatic heterocycles. The maximum Gasteiger partial charge on any atom is 0.376 e. The van der Waals surface area contributed by atoms with Gasteiger partial charge in [-0.3, -0.25) is 4.85 Å². The molecule has 0 aliphatic carbocycles. The minimum Gasteiger partial charge on any atom is -0.437 e. The van der Waals surface area contributed by atoms with E-state index in [0.29, 0.717) is 6.04 Å². The van der Waals surface area contributed by atoms with Crippen molar-refractivity contribution in [3.05, 3.63) is 47.3 Å². The van der Waals surface area contributed by atoms with E-state index in [1.165, 1.54) is 5.56 Å². The van der Waals surface area contributed by atoms with E-state index in [0.717, 1.165) is 19.5 Å². The maximum absolute atomic E-state index is 9.77. The first kappa shape index (κ1) is 12.7. The molecular formula is C14H18BN3O. The molecule has 4 nitrogen and oxygen atoms in total. The number of benzene rings is 1. The zero-order valence-corrected chi connectivity index (χ0v) is 11.1. The molecule has 1 aromatic carbocycles. The Hall–Kier alpha value is -1.35. The van der Waals surface area contributed by atoms with Gasteiger partial charge in [-0.25, -0.2) is 11.5 Å². The van der Waals surface area contributed by atoms with Crippen molar-refractivity contribution < 1.29 is 5.02 Å². The predicted molar refractivity (Wildman–Crippen MR) is 75.1 cm³/mol. The average molecular weight is 255 g/mol. The van der Waals surface area contributed by atoms with Crippen LogP contribution in [0.15, 0.2) is 30.3 Å². The van der Waals surface area contributed by atoms with E-state index in [1.54, 1.807) is 6.82 Å². The molecule has 2 fully saturated rings. The van der Waals surface area contributed by atoms with Crippen LogP contribution in [0.4, 0.5) is 0 Å². The van der Waals surface area contributed by atoms with E-state index in [1.807, 2.05) is 18.2 Å². The lowest BCUT2D eigenvalue weighted by Gasteiger charge is -2.35. The summed E-state index contributed by atoms with van der Waals surface area (Å²) < 4.78 is 0. The first-order valence-corrected chi connectivity index (χ1v) is 6.80. The van der Waals surface area contributed by atoms with Crippen LogP contribution in [0.25, 0.3) is 4.85 Å². The zero-order chi connectivity index (χ0) is 13.4. The highest BCUT2D eigenvalue weighted by molar-refractivity contribution is 6.45. The Morgan fingerprint density at radius 2 is 2.16 bits per heavy atom. The second-order valence-corrected chi connectivity index (χ2v) is 5.49. The fourth-order valence-electron chi connectivity index (χ4n) is 3.44. The molecule has 1 N–H and O–H groups in total. The number of piperazine rings is 1. The summed E-state index contributed by atoms with van der Waals surface area (Å²) >= 11 is 0. The topological polar surface area (TPSA) is 31.1 Å². The summed E-state index contributed by atoms with van der Waals surface area (Å²) in [5.74, 6) is 0. The minimum atomic E-state index is -0.446. The largest absolute Gasteiger partial charge is 0.437 e. The molecule has 2 aliphatic heterocycles. The molecule has 2 heterocycles. The van der Waals surface area contributed by atoms with E-state index in [9.17, 15) is 5.02 Å². The Labute approximate surface area is 114 Å². The molecule has 1 aromatic rings. The van der Waals surface area contributed by atoms with Gasteiger partial charge in [0, 0.05) is 19.1 Å². The van der Waals surface area contributed by atoms with Crippen molar-refractivity contribution in [2.45, 2.75) is 38.0 Å². The number of fused-ring (bicyclic) bond motifs is 2. The molecule has 2 aliphatic rings. The predicted octanol–water partition coefficient (Wildman–Crippen LogP) is 1.30. The third kappa shape index (κ3) is 2.16. The van der Waals surface area contributed by atoms with E-state index >= 15 is 0 Å². The highest BCUT2D eigenvalue weighted by Crippen LogP contribution is 2.37. The monoisotopic (exact) mass is 255 g/mol. The number of nitrogens with zero attached hydrogens (tertiary/aromatic N) is 3. The summed E-state index contributed by atoms with van der Waals surface area (Å²) in [6.07, 6.45) is 0.888. The fraction of sp³-hybridized carbons (Fsp3) is 0.500. The standard InChI is InChI=1S/C14H18BN3O/c1-15(19)18-10-12-8-13(18)14(16-2)17(12)9-11-6-4-3-5-7-11/h3-7,12-14,19H,8-10H2,1H3/t12?,13?,14-/m1/s1. The highest BCUT2D eigenvalue weighted by atomic mass is 16.2. The van der Waals surface area contributed by atoms with Gasteiger partial charge in [-0.15, -0.1) is 0 Å². The molecule has 5 heteroatoms. The number of rotatable bonds is 3. The molecule has 3 atom stereocenters. The molecule has 19 heavy (non-hydrogen) atoms. The van der Waals surface area contributed by atoms with Crippen molar-refractivity contribution in [2.75, 3.05) is 6.54 Å². The Balaban J connectivity index is 1.77. The van der Waals surface area contributed by atoms with Gasteiger partial charge < -0.3 is 9.83 Å². The van der Waals surface area contributed by atoms with Gasteiger partial charge >= 0.3 is 7.05 Å². The van der Waals surface area contributed by atoms with Gasteiger partial charge in [-0.2, -0.15) is 0 Å². The third-order valence-electron chi connectivity index (χ3n) is 4.33. The third-order valence-corrected chi connectivity index (χ3v) is 4.33. The number of hydrogen-bond donors (Lipinski definition) is 1. The Kier molecular flexibility index (Phi) is 3.32. The number of likely N-dealkylation sites (tertiary alicyclic amines) is 1. The van der Waals surface area contributed by atoms with Crippen LogP contribution >= 0.6 is 0 Å². The van der Waals surface area contributed by atoms with Gasteiger partial charge in [0.2, 0.25) is 0 Å². The van der Waals surface area contributed by atoms with Crippen molar-refractivity contribution in [2.24, 2.45) is 0 Å². The van der Waals surface area contributed by atoms with E-state index < -0.39 is 7.05 Å². The molecule has 98 valence electrons. The molecule has 0 saturated carbocycles. The molecule has 0 amide bonds. The molecule has 2 saturated heterocycles. The molecule has 2 bridgehead atoms. The second-order valence-electron chi connectivity index (χ2n) is 5.49. The van der Waals surface area contributed by atoms with Crippen LogP contribution in [0, 0.1) is 6.57 Å². The number of hydrogen-bond acceptors (Lipinski definition) is 3. The van der Waals surface area contributed by atoms with Crippen LogP contribution in [-0.2, 0) is 6.54 Å². The van der Waals surface area contributed by atoms with Crippen molar-refractivity contribution in [3.63, 3.8) is 0 Å². The van der Waals surface area contributed by atoms with Gasteiger partial charge in [0.25, 0.3) is 6.17 Å². The lowest BCUT2D eigenvalue weighted by Crippen LogP contribution is -2.55. The summed E-state index contributed by atoms with van der Waals surface area (Å²) in [5, 5.41) is 9.77. The first-order chi connectivity index (χ1) is 9.20. The molecular weight excluding hydrogens is 237 g/mol. The lowest BCUT2D eigenvalue weighted by atomic mass is 9.83. The highest BCUT2D eigenvalue weighted by Gasteiger charge is 2.55. The molecule has 0 spiro atoms. The van der Waals surface area contributed by atoms with Crippen molar-refractivity contribution in [1.29, 1.82) is 0 Å². The Morgan fingerprint density at radius 1 is 1.42 bits per heavy atom. The lowest BCUT2D eigenvalue weighted by molar-refractivity contribution is 0.122. The van der Waals surface area contributed by atoms with Crippen LogP contribution < -0.4 is 0 Å². The van der Waals surface area contributed by atoms with E-state index in [2.05, 4.69) is 26.7 Å². The van der Waals surface area contributed by atoms with Crippen LogP contribution in [0.1, 0.15) is 12.0 Å². The van der Waals surface area contributed by atoms with Crippen molar-refractivity contribution in [3.8, 4) is 0 Å². The van der Waals surface area contributed by atoms with E-state index in [-0.39, 0.29) is 12.2 Å². The Morgan fingerprint density at radius 3 is 2.79 bits per heavy atom. The minimum absolute atomic E-state index is 0.117. The van der Waals surface area contributed by atoms with Gasteiger partial charge in [-0.05, 0) is 18.8 Å². The molecule has 0 radical (unpaired) electrons. The van der Waals surface area contributed by atoms with Crippen molar-refractivity contribution in [1.82, 2.24) is 9.71 Å². The van der Waals surface area contributed by atoms with Crippen LogP contribution in [0.3, 0.4) is 0 Å². The summed E-state index contributed by atoms with van der Waals surface area (Å²) in [4.78, 5) is 8.17. The second kappa shape index (κ2) is 4.97. The maximum atomic E-state index is 9.77. The molecule has 3 rings (SSSR count). The van der Waals surface area contributed by atoms with Crippen LogP contribution in [0.2, 0.25) is 6.82 Å².